The van der Waals surface area contributed by atoms with Gasteiger partial charge >= 0.3 is 0 Å². The van der Waals surface area contributed by atoms with E-state index in [-0.39, 0.29) is 24.3 Å². The summed E-state index contributed by atoms with van der Waals surface area (Å²) in [4.78, 5) is 26.8. The zero-order valence-corrected chi connectivity index (χ0v) is 14.7. The molecule has 0 saturated carbocycles. The Hall–Kier alpha value is -2.86. The fourth-order valence-electron chi connectivity index (χ4n) is 2.62. The lowest BCUT2D eigenvalue weighted by molar-refractivity contribution is -0.116. The Kier molecular flexibility index (Phi) is 5.23. The smallest absolute Gasteiger partial charge is 0.251 e. The van der Waals surface area contributed by atoms with Crippen molar-refractivity contribution >= 4 is 34.1 Å². The Labute approximate surface area is 153 Å². The Balaban J connectivity index is 1.68. The van der Waals surface area contributed by atoms with Gasteiger partial charge in [-0.1, -0.05) is 11.6 Å². The molecule has 0 unspecified atom stereocenters. The van der Waals surface area contributed by atoms with Gasteiger partial charge in [0.05, 0.1) is 17.6 Å². The summed E-state index contributed by atoms with van der Waals surface area (Å²) in [7, 11) is 1.51. The first kappa shape index (κ1) is 17.9. The van der Waals surface area contributed by atoms with E-state index >= 15 is 0 Å². The van der Waals surface area contributed by atoms with E-state index < -0.39 is 5.82 Å². The van der Waals surface area contributed by atoms with E-state index in [1.54, 1.807) is 30.3 Å². The number of methoxy groups -OCH3 is 1. The Bertz CT molecular complexity index is 1030. The number of aromatic amines is 1. The minimum absolute atomic E-state index is 0.124. The molecule has 0 radical (unpaired) electrons. The maximum atomic E-state index is 13.2. The van der Waals surface area contributed by atoms with Crippen molar-refractivity contribution in [1.82, 2.24) is 4.98 Å². The van der Waals surface area contributed by atoms with Gasteiger partial charge in [-0.05, 0) is 54.3 Å². The Morgan fingerprint density at radius 1 is 1.23 bits per heavy atom. The fourth-order valence-corrected chi connectivity index (χ4v) is 2.88. The molecule has 26 heavy (non-hydrogen) atoms. The lowest BCUT2D eigenvalue weighted by Gasteiger charge is -2.08. The van der Waals surface area contributed by atoms with Crippen molar-refractivity contribution < 1.29 is 13.9 Å². The van der Waals surface area contributed by atoms with Gasteiger partial charge in [-0.15, -0.1) is 0 Å². The van der Waals surface area contributed by atoms with Crippen LogP contribution < -0.4 is 15.6 Å². The summed E-state index contributed by atoms with van der Waals surface area (Å²) in [6.45, 7) is 0. The number of nitrogens with one attached hydrogen (secondary N) is 2. The number of rotatable bonds is 5. The van der Waals surface area contributed by atoms with Crippen molar-refractivity contribution in [3.05, 3.63) is 69.2 Å². The van der Waals surface area contributed by atoms with Gasteiger partial charge in [0, 0.05) is 17.7 Å². The molecule has 0 spiro atoms. The van der Waals surface area contributed by atoms with Crippen molar-refractivity contribution in [2.24, 2.45) is 0 Å². The number of halogens is 2. The van der Waals surface area contributed by atoms with Gasteiger partial charge < -0.3 is 15.0 Å². The topological polar surface area (TPSA) is 71.2 Å². The number of amides is 1. The highest BCUT2D eigenvalue weighted by molar-refractivity contribution is 6.32. The highest BCUT2D eigenvalue weighted by atomic mass is 35.5. The summed E-state index contributed by atoms with van der Waals surface area (Å²) >= 11 is 6.02. The molecule has 0 aliphatic rings. The number of aromatic nitrogens is 1. The SMILES string of the molecule is COc1ccc(NC(=O)CCc2cc3ccc(F)cc3[nH]c2=O)cc1Cl. The van der Waals surface area contributed by atoms with Gasteiger partial charge in [-0.25, -0.2) is 4.39 Å². The van der Waals surface area contributed by atoms with Crippen LogP contribution in [0.3, 0.4) is 0 Å². The van der Waals surface area contributed by atoms with Crippen molar-refractivity contribution in [2.45, 2.75) is 12.8 Å². The minimum Gasteiger partial charge on any atom is -0.495 e. The van der Waals surface area contributed by atoms with Crippen LogP contribution in [0.1, 0.15) is 12.0 Å². The molecule has 0 saturated heterocycles. The predicted molar refractivity (Wildman–Crippen MR) is 99.5 cm³/mol. The molecule has 134 valence electrons. The van der Waals surface area contributed by atoms with Gasteiger partial charge in [-0.3, -0.25) is 9.59 Å². The van der Waals surface area contributed by atoms with Crippen LogP contribution in [-0.2, 0) is 11.2 Å². The number of H-pyrrole nitrogens is 1. The average Bonchev–Trinajstić information content (AvgIpc) is 2.60. The normalized spacial score (nSPS) is 10.7. The van der Waals surface area contributed by atoms with Gasteiger partial charge in [-0.2, -0.15) is 0 Å². The molecule has 1 amide bonds. The molecular weight excluding hydrogens is 359 g/mol. The monoisotopic (exact) mass is 374 g/mol. The fraction of sp³-hybridized carbons (Fsp3) is 0.158. The van der Waals surface area contributed by atoms with E-state index in [1.165, 1.54) is 19.2 Å². The second-order valence-electron chi connectivity index (χ2n) is 5.75. The maximum Gasteiger partial charge on any atom is 0.251 e. The highest BCUT2D eigenvalue weighted by Crippen LogP contribution is 2.27. The standard InChI is InChI=1S/C19H16ClFN2O3/c1-26-17-6-5-14(10-15(17)20)22-18(24)7-3-12-8-11-2-4-13(21)9-16(11)23-19(12)25/h2,4-6,8-10H,3,7H2,1H3,(H,22,24)(H,23,25). The number of pyridine rings is 1. The molecule has 0 aliphatic carbocycles. The van der Waals surface area contributed by atoms with Crippen LogP contribution in [0, 0.1) is 5.82 Å². The molecule has 2 N–H and O–H groups in total. The Morgan fingerprint density at radius 2 is 2.04 bits per heavy atom. The van der Waals surface area contributed by atoms with Gasteiger partial charge in [0.1, 0.15) is 11.6 Å². The Morgan fingerprint density at radius 3 is 2.77 bits per heavy atom. The van der Waals surface area contributed by atoms with E-state index in [0.29, 0.717) is 32.9 Å². The summed E-state index contributed by atoms with van der Waals surface area (Å²) in [6, 6.07) is 10.8. The second kappa shape index (κ2) is 7.58. The molecule has 7 heteroatoms. The van der Waals surface area contributed by atoms with Crippen LogP contribution in [0.25, 0.3) is 10.9 Å². The number of carbonyl (C=O) groups is 1. The number of benzene rings is 2. The molecule has 1 aromatic heterocycles. The van der Waals surface area contributed by atoms with Crippen molar-refractivity contribution in [1.29, 1.82) is 0 Å². The van der Waals surface area contributed by atoms with Gasteiger partial charge in [0.15, 0.2) is 0 Å². The molecule has 2 aromatic carbocycles. The molecule has 3 rings (SSSR count). The number of aryl methyl sites for hydroxylation is 1. The summed E-state index contributed by atoms with van der Waals surface area (Å²) in [5, 5.41) is 3.83. The zero-order valence-electron chi connectivity index (χ0n) is 13.9. The summed E-state index contributed by atoms with van der Waals surface area (Å²) in [5.41, 5.74) is 1.11. The van der Waals surface area contributed by atoms with Crippen LogP contribution in [0.5, 0.6) is 5.75 Å². The lowest BCUT2D eigenvalue weighted by Crippen LogP contribution is -2.17. The molecule has 1 heterocycles. The van der Waals surface area contributed by atoms with Gasteiger partial charge in [0.25, 0.3) is 5.56 Å². The molecule has 5 nitrogen and oxygen atoms in total. The minimum atomic E-state index is -0.418. The van der Waals surface area contributed by atoms with Crippen LogP contribution >= 0.6 is 11.6 Å². The average molecular weight is 375 g/mol. The lowest BCUT2D eigenvalue weighted by atomic mass is 10.1. The summed E-state index contributed by atoms with van der Waals surface area (Å²) < 4.78 is 18.3. The van der Waals surface area contributed by atoms with Crippen LogP contribution in [-0.4, -0.2) is 18.0 Å². The predicted octanol–water partition coefficient (Wildman–Crippen LogP) is 3.90. The van der Waals surface area contributed by atoms with Crippen molar-refractivity contribution in [3.63, 3.8) is 0 Å². The third kappa shape index (κ3) is 4.03. The van der Waals surface area contributed by atoms with Crippen molar-refractivity contribution in [3.8, 4) is 5.75 Å². The number of anilines is 1. The van der Waals surface area contributed by atoms with Crippen LogP contribution in [0.4, 0.5) is 10.1 Å². The first-order valence-corrected chi connectivity index (χ1v) is 8.29. The number of hydrogen-bond donors (Lipinski definition) is 2. The number of carbonyl (C=O) groups excluding carboxylic acids is 1. The summed E-state index contributed by atoms with van der Waals surface area (Å²) in [6.07, 6.45) is 0.387. The number of fused-ring (bicyclic) bond motifs is 1. The first-order chi connectivity index (χ1) is 12.5. The third-order valence-corrected chi connectivity index (χ3v) is 4.24. The molecule has 0 fully saturated rings. The van der Waals surface area contributed by atoms with E-state index in [4.69, 9.17) is 16.3 Å². The number of ether oxygens (including phenoxy) is 1. The number of hydrogen-bond acceptors (Lipinski definition) is 3. The van der Waals surface area contributed by atoms with E-state index in [1.807, 2.05) is 0 Å². The summed E-state index contributed by atoms with van der Waals surface area (Å²) in [5.74, 6) is -0.146. The first-order valence-electron chi connectivity index (χ1n) is 7.91. The van der Waals surface area contributed by atoms with Crippen LogP contribution in [0.2, 0.25) is 5.02 Å². The van der Waals surface area contributed by atoms with Crippen molar-refractivity contribution in [2.75, 3.05) is 12.4 Å². The van der Waals surface area contributed by atoms with Crippen LogP contribution in [0.15, 0.2) is 47.3 Å². The second-order valence-corrected chi connectivity index (χ2v) is 6.16. The van der Waals surface area contributed by atoms with Gasteiger partial charge in [0.2, 0.25) is 5.91 Å². The third-order valence-electron chi connectivity index (χ3n) is 3.94. The van der Waals surface area contributed by atoms with E-state index in [2.05, 4.69) is 10.3 Å². The zero-order chi connectivity index (χ0) is 18.7. The molecule has 0 bridgehead atoms. The van der Waals surface area contributed by atoms with E-state index in [9.17, 15) is 14.0 Å². The quantitative estimate of drug-likeness (QED) is 0.711. The largest absolute Gasteiger partial charge is 0.495 e. The molecule has 3 aromatic rings. The molecule has 0 atom stereocenters. The van der Waals surface area contributed by atoms with E-state index in [0.717, 1.165) is 0 Å². The maximum absolute atomic E-state index is 13.2. The molecular formula is C19H16ClFN2O3. The molecule has 0 aliphatic heterocycles. The highest BCUT2D eigenvalue weighted by Gasteiger charge is 2.09.